The second kappa shape index (κ2) is 22.0. The zero-order chi connectivity index (χ0) is 45.7. The number of phenolic OH excluding ortho intramolecular Hbond substituents is 2. The van der Waals surface area contributed by atoms with Crippen molar-refractivity contribution >= 4 is 37.4 Å². The van der Waals surface area contributed by atoms with Crippen molar-refractivity contribution in [2.75, 3.05) is 19.9 Å². The molecule has 0 saturated carbocycles. The van der Waals surface area contributed by atoms with Crippen LogP contribution in [0.1, 0.15) is 87.4 Å². The van der Waals surface area contributed by atoms with Gasteiger partial charge in [0.2, 0.25) is 5.91 Å². The van der Waals surface area contributed by atoms with E-state index in [2.05, 4.69) is 20.5 Å². The van der Waals surface area contributed by atoms with E-state index in [1.165, 1.54) is 42.5 Å². The molecule has 11 N–H and O–H groups in total. The third-order valence-electron chi connectivity index (χ3n) is 9.68. The van der Waals surface area contributed by atoms with Gasteiger partial charge in [0.25, 0.3) is 11.8 Å². The summed E-state index contributed by atoms with van der Waals surface area (Å²) in [5.74, 6) is -3.75. The molecule has 20 nitrogen and oxygen atoms in total. The van der Waals surface area contributed by atoms with Gasteiger partial charge in [-0.25, -0.2) is 9.65 Å². The van der Waals surface area contributed by atoms with E-state index in [1.54, 1.807) is 41.5 Å². The molecule has 5 rings (SSSR count). The third kappa shape index (κ3) is 13.7. The summed E-state index contributed by atoms with van der Waals surface area (Å²) in [6, 6.07) is 18.6. The Labute approximate surface area is 360 Å². The standard InChI is InChI=1S/C42H47N4O16P/c47-23-60-33-18-26(9-12-29(33)39-30-13-10-27(48)19-34(30)62-35-20-28(49)11-14-31(35)39)40(54)43-17-3-1-2-4-36(50)44-21-24-5-7-25(8-6-24)41(55)45-37(51)22-61-63(58,59)46-32(42(56)57)15-16-38(52)53/h5-14,18-20,32,37,39,47-49,51H,1-4,15-17,21-23H2,(H,43,54)(H,44,50)(H,45,55)(H,52,53)(H,56,57)(H2,46,58,59)/t32-,37+/m0/s1. The fraction of sp³-hybridized carbons (Fsp3) is 0.310. The predicted octanol–water partition coefficient (Wildman–Crippen LogP) is 3.39. The number of phenols is 2. The molecule has 4 aromatic carbocycles. The number of aliphatic hydroxyl groups excluding tert-OH is 2. The lowest BCUT2D eigenvalue weighted by molar-refractivity contribution is -0.140. The van der Waals surface area contributed by atoms with E-state index in [1.807, 2.05) is 0 Å². The van der Waals surface area contributed by atoms with Gasteiger partial charge in [-0.05, 0) is 61.2 Å². The molecule has 63 heavy (non-hydrogen) atoms. The van der Waals surface area contributed by atoms with Crippen molar-refractivity contribution in [1.29, 1.82) is 0 Å². The van der Waals surface area contributed by atoms with Crippen LogP contribution >= 0.6 is 7.75 Å². The topological polar surface area (TPSA) is 320 Å². The highest BCUT2D eigenvalue weighted by Crippen LogP contribution is 2.51. The number of carbonyl (C=O) groups excluding carboxylic acids is 3. The number of aromatic hydroxyl groups is 2. The molecule has 0 spiro atoms. The number of hydrogen-bond donors (Lipinski definition) is 11. The molecule has 1 heterocycles. The molecule has 21 heteroatoms. The van der Waals surface area contributed by atoms with Crippen LogP contribution < -0.4 is 30.5 Å². The number of ether oxygens (including phenoxy) is 2. The maximum absolute atomic E-state index is 13.1. The minimum Gasteiger partial charge on any atom is -0.508 e. The van der Waals surface area contributed by atoms with Crippen molar-refractivity contribution < 1.29 is 78.1 Å². The average molecular weight is 895 g/mol. The number of rotatable bonds is 23. The third-order valence-corrected chi connectivity index (χ3v) is 10.8. The summed E-state index contributed by atoms with van der Waals surface area (Å²) in [7, 11) is -4.81. The SMILES string of the molecule is O=C(O)CC[C@H](NP(=O)(O)OC[C@@H](O)NC(=O)c1ccc(CNC(=O)CCCCCNC(=O)c2ccc(C3c4ccc(O)cc4Oc4cc(O)ccc43)c(OCO)c2)cc1)C(=O)O. The Hall–Kier alpha value is -6.54. The number of amides is 3. The number of carboxylic acids is 2. The van der Waals surface area contributed by atoms with Crippen LogP contribution in [0.2, 0.25) is 0 Å². The molecular weight excluding hydrogens is 847 g/mol. The molecule has 4 aromatic rings. The van der Waals surface area contributed by atoms with Crippen molar-refractivity contribution in [3.63, 3.8) is 0 Å². The number of hydrogen-bond acceptors (Lipinski definition) is 13. The Kier molecular flexibility index (Phi) is 16.6. The molecule has 0 aromatic heterocycles. The van der Waals surface area contributed by atoms with Crippen LogP contribution in [0.15, 0.2) is 78.9 Å². The van der Waals surface area contributed by atoms with Crippen LogP contribution in [-0.2, 0) is 30.0 Å². The Morgan fingerprint density at radius 3 is 2.02 bits per heavy atom. The van der Waals surface area contributed by atoms with Crippen molar-refractivity contribution in [3.8, 4) is 28.7 Å². The van der Waals surface area contributed by atoms with Crippen LogP contribution in [-0.4, -0.2) is 97.4 Å². The van der Waals surface area contributed by atoms with Crippen molar-refractivity contribution in [2.45, 2.75) is 63.3 Å². The van der Waals surface area contributed by atoms with Gasteiger partial charge in [0, 0.05) is 71.8 Å². The minimum absolute atomic E-state index is 0.00995. The molecular formula is C42H47N4O16P. The molecule has 3 amide bonds. The Balaban J connectivity index is 1.02. The maximum Gasteiger partial charge on any atom is 0.403 e. The first-order chi connectivity index (χ1) is 30.0. The minimum atomic E-state index is -4.81. The highest BCUT2D eigenvalue weighted by Gasteiger charge is 2.33. The molecule has 1 unspecified atom stereocenters. The lowest BCUT2D eigenvalue weighted by Crippen LogP contribution is -2.39. The Bertz CT molecular complexity index is 2290. The monoisotopic (exact) mass is 894 g/mol. The van der Waals surface area contributed by atoms with Crippen LogP contribution in [0.25, 0.3) is 0 Å². The molecule has 0 fully saturated rings. The van der Waals surface area contributed by atoms with Crippen LogP contribution in [0.4, 0.5) is 0 Å². The molecule has 0 radical (unpaired) electrons. The largest absolute Gasteiger partial charge is 0.508 e. The fourth-order valence-electron chi connectivity index (χ4n) is 6.58. The summed E-state index contributed by atoms with van der Waals surface area (Å²) < 4.78 is 28.4. The molecule has 1 aliphatic rings. The predicted molar refractivity (Wildman–Crippen MR) is 221 cm³/mol. The number of carboxylic acid groups (broad SMARTS) is 2. The van der Waals surface area contributed by atoms with E-state index in [9.17, 15) is 53.9 Å². The summed E-state index contributed by atoms with van der Waals surface area (Å²) in [6.07, 6.45) is -0.872. The van der Waals surface area contributed by atoms with Gasteiger partial charge in [-0.2, -0.15) is 0 Å². The zero-order valence-corrected chi connectivity index (χ0v) is 34.5. The molecule has 336 valence electrons. The Morgan fingerprint density at radius 1 is 0.762 bits per heavy atom. The normalized spacial score (nSPS) is 13.8. The summed E-state index contributed by atoms with van der Waals surface area (Å²) in [5, 5.41) is 67.4. The number of carbonyl (C=O) groups is 5. The number of aliphatic carboxylic acids is 2. The van der Waals surface area contributed by atoms with E-state index >= 15 is 0 Å². The highest BCUT2D eigenvalue weighted by molar-refractivity contribution is 7.50. The van der Waals surface area contributed by atoms with Crippen LogP contribution in [0.3, 0.4) is 0 Å². The number of benzene rings is 4. The molecule has 3 atom stereocenters. The average Bonchev–Trinajstić information content (AvgIpc) is 3.24. The second-order valence-corrected chi connectivity index (χ2v) is 15.9. The van der Waals surface area contributed by atoms with Gasteiger partial charge in [0.15, 0.2) is 13.0 Å². The van der Waals surface area contributed by atoms with Gasteiger partial charge >= 0.3 is 19.7 Å². The van der Waals surface area contributed by atoms with E-state index < -0.39 is 70.0 Å². The van der Waals surface area contributed by atoms with Crippen molar-refractivity contribution in [2.24, 2.45) is 0 Å². The van der Waals surface area contributed by atoms with Crippen molar-refractivity contribution in [3.05, 3.63) is 112 Å². The summed E-state index contributed by atoms with van der Waals surface area (Å²) in [4.78, 5) is 70.0. The second-order valence-electron chi connectivity index (χ2n) is 14.3. The zero-order valence-electron chi connectivity index (χ0n) is 33.6. The van der Waals surface area contributed by atoms with Gasteiger partial charge in [0.05, 0.1) is 0 Å². The van der Waals surface area contributed by atoms with Gasteiger partial charge in [0.1, 0.15) is 41.4 Å². The van der Waals surface area contributed by atoms with Gasteiger partial charge in [-0.3, -0.25) is 28.5 Å². The quantitative estimate of drug-likeness (QED) is 0.0254. The maximum atomic E-state index is 13.1. The number of nitrogens with one attached hydrogen (secondary N) is 4. The van der Waals surface area contributed by atoms with E-state index in [0.29, 0.717) is 59.6 Å². The molecule has 1 aliphatic heterocycles. The van der Waals surface area contributed by atoms with Gasteiger partial charge in [-0.1, -0.05) is 36.8 Å². The lowest BCUT2D eigenvalue weighted by atomic mass is 9.81. The number of aliphatic hydroxyl groups is 2. The van der Waals surface area contributed by atoms with Crippen molar-refractivity contribution in [1.82, 2.24) is 21.0 Å². The van der Waals surface area contributed by atoms with Crippen LogP contribution in [0, 0.1) is 0 Å². The van der Waals surface area contributed by atoms with Crippen LogP contribution in [0.5, 0.6) is 28.7 Å². The summed E-state index contributed by atoms with van der Waals surface area (Å²) in [6.45, 7) is -1.06. The fourth-order valence-corrected chi connectivity index (χ4v) is 7.63. The van der Waals surface area contributed by atoms with E-state index in [-0.39, 0.29) is 53.2 Å². The molecule has 0 saturated heterocycles. The Morgan fingerprint density at radius 2 is 1.40 bits per heavy atom. The van der Waals surface area contributed by atoms with Gasteiger partial charge < -0.3 is 61.0 Å². The smallest absolute Gasteiger partial charge is 0.403 e. The van der Waals surface area contributed by atoms with E-state index in [4.69, 9.17) is 19.7 Å². The highest BCUT2D eigenvalue weighted by atomic mass is 31.2. The number of unbranched alkanes of at least 4 members (excludes halogenated alkanes) is 2. The summed E-state index contributed by atoms with van der Waals surface area (Å²) >= 11 is 0. The van der Waals surface area contributed by atoms with E-state index in [0.717, 1.165) is 0 Å². The first-order valence-electron chi connectivity index (χ1n) is 19.6. The van der Waals surface area contributed by atoms with Gasteiger partial charge in [-0.15, -0.1) is 0 Å². The number of fused-ring (bicyclic) bond motifs is 2. The molecule has 0 bridgehead atoms. The first-order valence-corrected chi connectivity index (χ1v) is 21.1. The lowest BCUT2D eigenvalue weighted by Gasteiger charge is -2.30. The summed E-state index contributed by atoms with van der Waals surface area (Å²) in [5.41, 5.74) is 3.08. The first kappa shape index (κ1) is 47.5. The molecule has 0 aliphatic carbocycles.